The van der Waals surface area contributed by atoms with Gasteiger partial charge in [-0.25, -0.2) is 0 Å². The van der Waals surface area contributed by atoms with Crippen molar-refractivity contribution in [1.82, 2.24) is 10.3 Å². The van der Waals surface area contributed by atoms with Crippen LogP contribution in [0.2, 0.25) is 0 Å². The number of aliphatic hydroxyl groups is 1. The molecule has 102 valence electrons. The summed E-state index contributed by atoms with van der Waals surface area (Å²) in [7, 11) is 0. The Morgan fingerprint density at radius 3 is 2.78 bits per heavy atom. The van der Waals surface area contributed by atoms with E-state index in [0.29, 0.717) is 19.1 Å². The Bertz CT molecular complexity index is 314. The first-order valence-electron chi connectivity index (χ1n) is 6.74. The van der Waals surface area contributed by atoms with Crippen molar-refractivity contribution >= 4 is 0 Å². The van der Waals surface area contributed by atoms with Crippen LogP contribution in [0.1, 0.15) is 44.8 Å². The van der Waals surface area contributed by atoms with Gasteiger partial charge < -0.3 is 15.2 Å². The molecule has 1 rings (SSSR count). The highest BCUT2D eigenvalue weighted by molar-refractivity contribution is 5.21. The molecule has 1 aromatic heterocycles. The Hall–Kier alpha value is -1.13. The lowest BCUT2D eigenvalue weighted by Crippen LogP contribution is -2.22. The van der Waals surface area contributed by atoms with Crippen LogP contribution in [-0.2, 0) is 0 Å². The summed E-state index contributed by atoms with van der Waals surface area (Å²) in [6.07, 6.45) is 4.55. The molecule has 0 saturated heterocycles. The third-order valence-electron chi connectivity index (χ3n) is 2.74. The Balaban J connectivity index is 2.51. The zero-order valence-electron chi connectivity index (χ0n) is 11.4. The highest BCUT2D eigenvalue weighted by Crippen LogP contribution is 2.17. The lowest BCUT2D eigenvalue weighted by atomic mass is 10.1. The van der Waals surface area contributed by atoms with E-state index in [-0.39, 0.29) is 6.61 Å². The second-order valence-corrected chi connectivity index (χ2v) is 4.26. The van der Waals surface area contributed by atoms with Crippen molar-refractivity contribution in [3.05, 3.63) is 24.0 Å². The molecule has 0 saturated carbocycles. The van der Waals surface area contributed by atoms with E-state index >= 15 is 0 Å². The summed E-state index contributed by atoms with van der Waals surface area (Å²) in [4.78, 5) is 4.43. The van der Waals surface area contributed by atoms with Gasteiger partial charge in [0.2, 0.25) is 0 Å². The molecule has 0 aromatic carbocycles. The lowest BCUT2D eigenvalue weighted by molar-refractivity contribution is 0.233. The molecule has 1 unspecified atom stereocenters. The van der Waals surface area contributed by atoms with E-state index in [2.05, 4.69) is 24.1 Å². The molecular formula is C14H24N2O2. The molecule has 0 aliphatic carbocycles. The molecule has 4 nitrogen and oxygen atoms in total. The van der Waals surface area contributed by atoms with E-state index in [1.54, 1.807) is 6.20 Å². The molecule has 1 atom stereocenters. The molecule has 0 amide bonds. The van der Waals surface area contributed by atoms with Crippen molar-refractivity contribution in [2.24, 2.45) is 0 Å². The number of nitrogens with one attached hydrogen (secondary N) is 1. The molecule has 0 aliphatic heterocycles. The highest BCUT2D eigenvalue weighted by Gasteiger charge is 2.09. The second-order valence-electron chi connectivity index (χ2n) is 4.26. The summed E-state index contributed by atoms with van der Waals surface area (Å²) in [5.74, 6) is 0.762. The van der Waals surface area contributed by atoms with Crippen LogP contribution in [0.15, 0.2) is 18.3 Å². The van der Waals surface area contributed by atoms with Gasteiger partial charge in [0.15, 0.2) is 0 Å². The number of hydrogen-bond acceptors (Lipinski definition) is 4. The van der Waals surface area contributed by atoms with Crippen molar-refractivity contribution in [3.63, 3.8) is 0 Å². The summed E-state index contributed by atoms with van der Waals surface area (Å²) in [5.41, 5.74) is 1.06. The largest absolute Gasteiger partial charge is 0.492 e. The minimum absolute atomic E-state index is 0.157. The summed E-state index contributed by atoms with van der Waals surface area (Å²) in [5, 5.41) is 12.1. The highest BCUT2D eigenvalue weighted by atomic mass is 16.5. The second kappa shape index (κ2) is 8.89. The van der Waals surface area contributed by atoms with Gasteiger partial charge in [0.25, 0.3) is 0 Å². The molecule has 1 aromatic rings. The van der Waals surface area contributed by atoms with Gasteiger partial charge in [0, 0.05) is 19.1 Å². The van der Waals surface area contributed by atoms with E-state index in [9.17, 15) is 0 Å². The van der Waals surface area contributed by atoms with Gasteiger partial charge in [-0.2, -0.15) is 0 Å². The summed E-state index contributed by atoms with van der Waals surface area (Å²) >= 11 is 0. The van der Waals surface area contributed by atoms with E-state index in [1.165, 1.54) is 0 Å². The Labute approximate surface area is 109 Å². The summed E-state index contributed by atoms with van der Waals surface area (Å²) < 4.78 is 5.45. The number of aromatic nitrogens is 1. The molecule has 0 bridgehead atoms. The van der Waals surface area contributed by atoms with Gasteiger partial charge in [-0.3, -0.25) is 4.98 Å². The fourth-order valence-corrected chi connectivity index (χ4v) is 1.71. The van der Waals surface area contributed by atoms with Gasteiger partial charge in [0.1, 0.15) is 5.75 Å². The van der Waals surface area contributed by atoms with Crippen LogP contribution in [0, 0.1) is 0 Å². The third kappa shape index (κ3) is 5.02. The molecule has 0 aliphatic rings. The average Bonchev–Trinajstić information content (AvgIpc) is 2.41. The smallest absolute Gasteiger partial charge is 0.137 e. The maximum Gasteiger partial charge on any atom is 0.137 e. The normalized spacial score (nSPS) is 12.4. The van der Waals surface area contributed by atoms with Crippen LogP contribution in [0.4, 0.5) is 0 Å². The molecule has 0 spiro atoms. The van der Waals surface area contributed by atoms with Gasteiger partial charge in [-0.05, 0) is 31.5 Å². The SMILES string of the molecule is CCCNC(CC)c1ccc(OCCCO)cn1. The van der Waals surface area contributed by atoms with E-state index in [0.717, 1.165) is 30.8 Å². The Kier molecular flexibility index (Phi) is 7.37. The maximum absolute atomic E-state index is 8.67. The number of ether oxygens (including phenoxy) is 1. The van der Waals surface area contributed by atoms with Gasteiger partial charge in [-0.1, -0.05) is 13.8 Å². The van der Waals surface area contributed by atoms with Crippen LogP contribution in [0.3, 0.4) is 0 Å². The van der Waals surface area contributed by atoms with Crippen molar-refractivity contribution in [2.45, 2.75) is 39.2 Å². The van der Waals surface area contributed by atoms with Crippen LogP contribution < -0.4 is 10.1 Å². The molecule has 4 heteroatoms. The molecular weight excluding hydrogens is 228 g/mol. The van der Waals surface area contributed by atoms with Crippen molar-refractivity contribution in [2.75, 3.05) is 19.8 Å². The van der Waals surface area contributed by atoms with Crippen LogP contribution in [0.5, 0.6) is 5.75 Å². The van der Waals surface area contributed by atoms with Crippen LogP contribution in [-0.4, -0.2) is 29.8 Å². The zero-order chi connectivity index (χ0) is 13.2. The standard InChI is InChI=1S/C14H24N2O2/c1-3-8-15-13(4-2)14-7-6-12(11-16-14)18-10-5-9-17/h6-7,11,13,15,17H,3-5,8-10H2,1-2H3. The Morgan fingerprint density at radius 2 is 2.22 bits per heavy atom. The maximum atomic E-state index is 8.67. The number of hydrogen-bond donors (Lipinski definition) is 2. The van der Waals surface area contributed by atoms with Gasteiger partial charge in [-0.15, -0.1) is 0 Å². The monoisotopic (exact) mass is 252 g/mol. The van der Waals surface area contributed by atoms with Crippen molar-refractivity contribution in [1.29, 1.82) is 0 Å². The topological polar surface area (TPSA) is 54.4 Å². The number of aliphatic hydroxyl groups excluding tert-OH is 1. The summed E-state index contributed by atoms with van der Waals surface area (Å²) in [6.45, 7) is 6.01. The number of nitrogens with zero attached hydrogens (tertiary/aromatic N) is 1. The first kappa shape index (κ1) is 14.9. The van der Waals surface area contributed by atoms with E-state index < -0.39 is 0 Å². The molecule has 2 N–H and O–H groups in total. The minimum atomic E-state index is 0.157. The minimum Gasteiger partial charge on any atom is -0.492 e. The fraction of sp³-hybridized carbons (Fsp3) is 0.643. The van der Waals surface area contributed by atoms with Gasteiger partial charge in [0.05, 0.1) is 18.5 Å². The first-order valence-corrected chi connectivity index (χ1v) is 6.74. The van der Waals surface area contributed by atoms with Crippen LogP contribution in [0.25, 0.3) is 0 Å². The van der Waals surface area contributed by atoms with Crippen LogP contribution >= 0.6 is 0 Å². The number of rotatable bonds is 9. The first-order chi connectivity index (χ1) is 8.81. The summed E-state index contributed by atoms with van der Waals surface area (Å²) in [6, 6.07) is 4.26. The average molecular weight is 252 g/mol. The lowest BCUT2D eigenvalue weighted by Gasteiger charge is -2.16. The molecule has 0 fully saturated rings. The van der Waals surface area contributed by atoms with Gasteiger partial charge >= 0.3 is 0 Å². The predicted octanol–water partition coefficient (Wildman–Crippen LogP) is 2.29. The molecule has 0 radical (unpaired) electrons. The van der Waals surface area contributed by atoms with Crippen molar-refractivity contribution in [3.8, 4) is 5.75 Å². The zero-order valence-corrected chi connectivity index (χ0v) is 11.4. The quantitative estimate of drug-likeness (QED) is 0.662. The number of pyridine rings is 1. The van der Waals surface area contributed by atoms with Crippen molar-refractivity contribution < 1.29 is 9.84 Å². The van der Waals surface area contributed by atoms with E-state index in [1.807, 2.05) is 12.1 Å². The van der Waals surface area contributed by atoms with E-state index in [4.69, 9.17) is 9.84 Å². The third-order valence-corrected chi connectivity index (χ3v) is 2.74. The molecule has 18 heavy (non-hydrogen) atoms. The fourth-order valence-electron chi connectivity index (χ4n) is 1.71. The molecule has 1 heterocycles. The Morgan fingerprint density at radius 1 is 1.39 bits per heavy atom. The predicted molar refractivity (Wildman–Crippen MR) is 72.8 cm³/mol.